The molecule has 2 rings (SSSR count). The third-order valence-electron chi connectivity index (χ3n) is 3.76. The van der Waals surface area contributed by atoms with Gasteiger partial charge in [0.15, 0.2) is 0 Å². The second-order valence-corrected chi connectivity index (χ2v) is 5.41. The van der Waals surface area contributed by atoms with Crippen molar-refractivity contribution in [2.75, 3.05) is 6.54 Å². The molecule has 0 aromatic heterocycles. The summed E-state index contributed by atoms with van der Waals surface area (Å²) in [6.45, 7) is 0.595. The first-order chi connectivity index (χ1) is 10.0. The second-order valence-electron chi connectivity index (χ2n) is 5.41. The van der Waals surface area contributed by atoms with E-state index in [4.69, 9.17) is 0 Å². The molecule has 0 saturated heterocycles. The van der Waals surface area contributed by atoms with Gasteiger partial charge < -0.3 is 20.8 Å². The zero-order chi connectivity index (χ0) is 15.2. The van der Waals surface area contributed by atoms with Crippen molar-refractivity contribution in [2.24, 2.45) is 5.92 Å². The van der Waals surface area contributed by atoms with Gasteiger partial charge >= 0.3 is 12.0 Å². The van der Waals surface area contributed by atoms with E-state index in [0.29, 0.717) is 12.5 Å². The number of aliphatic carboxylic acids is 1. The minimum Gasteiger partial charge on any atom is -0.508 e. The number of benzene rings is 1. The van der Waals surface area contributed by atoms with Crippen LogP contribution < -0.4 is 10.6 Å². The van der Waals surface area contributed by atoms with E-state index < -0.39 is 18.0 Å². The molecule has 4 N–H and O–H groups in total. The van der Waals surface area contributed by atoms with Crippen LogP contribution in [0.25, 0.3) is 0 Å². The van der Waals surface area contributed by atoms with Crippen molar-refractivity contribution in [3.05, 3.63) is 29.8 Å². The molecule has 6 heteroatoms. The second kappa shape index (κ2) is 6.97. The van der Waals surface area contributed by atoms with E-state index in [0.717, 1.165) is 18.4 Å². The van der Waals surface area contributed by atoms with Crippen LogP contribution in [0.4, 0.5) is 4.79 Å². The largest absolute Gasteiger partial charge is 0.508 e. The highest BCUT2D eigenvalue weighted by atomic mass is 16.4. The van der Waals surface area contributed by atoms with Gasteiger partial charge in [0.25, 0.3) is 0 Å². The highest BCUT2D eigenvalue weighted by Gasteiger charge is 2.22. The molecule has 1 aliphatic carbocycles. The van der Waals surface area contributed by atoms with E-state index in [2.05, 4.69) is 10.6 Å². The summed E-state index contributed by atoms with van der Waals surface area (Å²) < 4.78 is 0. The number of phenolic OH excluding ortho intramolecular Hbond substituents is 1. The highest BCUT2D eigenvalue weighted by molar-refractivity contribution is 5.82. The topological polar surface area (TPSA) is 98.7 Å². The molecule has 114 valence electrons. The number of amides is 2. The fourth-order valence-electron chi connectivity index (χ4n) is 2.21. The molecular weight excluding hydrogens is 272 g/mol. The Hall–Kier alpha value is -2.24. The van der Waals surface area contributed by atoms with Gasteiger partial charge in [-0.15, -0.1) is 0 Å². The zero-order valence-electron chi connectivity index (χ0n) is 11.7. The lowest BCUT2D eigenvalue weighted by atomic mass is 9.85. The summed E-state index contributed by atoms with van der Waals surface area (Å²) in [6.07, 6.45) is 3.62. The van der Waals surface area contributed by atoms with Crippen molar-refractivity contribution in [3.8, 4) is 5.75 Å². The minimum absolute atomic E-state index is 0.122. The van der Waals surface area contributed by atoms with Crippen LogP contribution >= 0.6 is 0 Å². The van der Waals surface area contributed by atoms with Crippen LogP contribution in [-0.4, -0.2) is 34.8 Å². The Bertz CT molecular complexity index is 497. The summed E-state index contributed by atoms with van der Waals surface area (Å²) in [5.74, 6) is -0.435. The molecule has 0 heterocycles. The molecule has 0 spiro atoms. The van der Waals surface area contributed by atoms with Crippen molar-refractivity contribution in [1.82, 2.24) is 10.6 Å². The SMILES string of the molecule is O=C(NCC1CCC1)N[C@H](Cc1ccc(O)cc1)C(=O)O. The van der Waals surface area contributed by atoms with E-state index in [1.807, 2.05) is 0 Å². The molecule has 1 fully saturated rings. The maximum atomic E-state index is 11.7. The van der Waals surface area contributed by atoms with E-state index in [-0.39, 0.29) is 12.2 Å². The van der Waals surface area contributed by atoms with Crippen LogP contribution in [0.3, 0.4) is 0 Å². The summed E-state index contributed by atoms with van der Waals surface area (Å²) in [7, 11) is 0. The zero-order valence-corrected chi connectivity index (χ0v) is 11.7. The molecule has 21 heavy (non-hydrogen) atoms. The molecule has 1 atom stereocenters. The third-order valence-corrected chi connectivity index (χ3v) is 3.76. The van der Waals surface area contributed by atoms with Crippen molar-refractivity contribution in [2.45, 2.75) is 31.7 Å². The molecule has 1 aliphatic rings. The van der Waals surface area contributed by atoms with Crippen LogP contribution in [0, 0.1) is 5.92 Å². The molecule has 6 nitrogen and oxygen atoms in total. The predicted octanol–water partition coefficient (Wildman–Crippen LogP) is 1.49. The van der Waals surface area contributed by atoms with Crippen LogP contribution in [0.2, 0.25) is 0 Å². The predicted molar refractivity (Wildman–Crippen MR) is 77.1 cm³/mol. The summed E-state index contributed by atoms with van der Waals surface area (Å²) >= 11 is 0. The number of carbonyl (C=O) groups excluding carboxylic acids is 1. The van der Waals surface area contributed by atoms with Gasteiger partial charge in [-0.2, -0.15) is 0 Å². The fourth-order valence-corrected chi connectivity index (χ4v) is 2.21. The molecule has 1 aromatic carbocycles. The molecule has 0 aliphatic heterocycles. The first kappa shape index (κ1) is 15.2. The quantitative estimate of drug-likeness (QED) is 0.638. The number of nitrogens with one attached hydrogen (secondary N) is 2. The van der Waals surface area contributed by atoms with Crippen LogP contribution in [0.5, 0.6) is 5.75 Å². The normalized spacial score (nSPS) is 15.8. The standard InChI is InChI=1S/C15H20N2O4/c18-12-6-4-10(5-7-12)8-13(14(19)20)17-15(21)16-9-11-2-1-3-11/h4-7,11,13,18H,1-3,8-9H2,(H,19,20)(H2,16,17,21)/t13-/m1/s1. The Morgan fingerprint density at radius 3 is 2.43 bits per heavy atom. The third kappa shape index (κ3) is 4.66. The number of phenols is 1. The summed E-state index contributed by atoms with van der Waals surface area (Å²) in [5, 5.41) is 23.6. The first-order valence-corrected chi connectivity index (χ1v) is 7.09. The fraction of sp³-hybridized carbons (Fsp3) is 0.467. The van der Waals surface area contributed by atoms with Gasteiger partial charge in [-0.3, -0.25) is 0 Å². The Balaban J connectivity index is 1.84. The first-order valence-electron chi connectivity index (χ1n) is 7.09. The monoisotopic (exact) mass is 292 g/mol. The molecule has 0 unspecified atom stereocenters. The van der Waals surface area contributed by atoms with Crippen molar-refractivity contribution >= 4 is 12.0 Å². The van der Waals surface area contributed by atoms with E-state index in [1.54, 1.807) is 12.1 Å². The number of carboxylic acids is 1. The maximum absolute atomic E-state index is 11.7. The number of urea groups is 1. The summed E-state index contributed by atoms with van der Waals surface area (Å²) in [6, 6.07) is 4.82. The van der Waals surface area contributed by atoms with E-state index in [1.165, 1.54) is 18.6 Å². The Kier molecular flexibility index (Phi) is 5.03. The number of carbonyl (C=O) groups is 2. The number of rotatable bonds is 6. The Labute approximate surface area is 123 Å². The van der Waals surface area contributed by atoms with Crippen molar-refractivity contribution in [3.63, 3.8) is 0 Å². The number of hydrogen-bond donors (Lipinski definition) is 4. The van der Waals surface area contributed by atoms with E-state index in [9.17, 15) is 19.8 Å². The number of carboxylic acid groups (broad SMARTS) is 1. The van der Waals surface area contributed by atoms with E-state index >= 15 is 0 Å². The number of aromatic hydroxyl groups is 1. The molecule has 1 saturated carbocycles. The lowest BCUT2D eigenvalue weighted by molar-refractivity contribution is -0.139. The van der Waals surface area contributed by atoms with Gasteiger partial charge in [0.1, 0.15) is 11.8 Å². The van der Waals surface area contributed by atoms with Gasteiger partial charge in [-0.25, -0.2) is 9.59 Å². The summed E-state index contributed by atoms with van der Waals surface area (Å²) in [4.78, 5) is 22.9. The minimum atomic E-state index is -1.08. The van der Waals surface area contributed by atoms with Crippen molar-refractivity contribution in [1.29, 1.82) is 0 Å². The average Bonchev–Trinajstić information content (AvgIpc) is 2.38. The molecule has 0 bridgehead atoms. The van der Waals surface area contributed by atoms with Crippen molar-refractivity contribution < 1.29 is 19.8 Å². The molecule has 1 aromatic rings. The highest BCUT2D eigenvalue weighted by Crippen LogP contribution is 2.25. The molecule has 0 radical (unpaired) electrons. The van der Waals surface area contributed by atoms with Gasteiger partial charge in [0.05, 0.1) is 0 Å². The molecule has 2 amide bonds. The maximum Gasteiger partial charge on any atom is 0.326 e. The average molecular weight is 292 g/mol. The van der Waals surface area contributed by atoms with Gasteiger partial charge in [0, 0.05) is 13.0 Å². The Morgan fingerprint density at radius 2 is 1.90 bits per heavy atom. The smallest absolute Gasteiger partial charge is 0.326 e. The van der Waals surface area contributed by atoms with Crippen LogP contribution in [0.1, 0.15) is 24.8 Å². The van der Waals surface area contributed by atoms with Crippen LogP contribution in [0.15, 0.2) is 24.3 Å². The lowest BCUT2D eigenvalue weighted by Crippen LogP contribution is -2.48. The van der Waals surface area contributed by atoms with Gasteiger partial charge in [-0.1, -0.05) is 18.6 Å². The van der Waals surface area contributed by atoms with Gasteiger partial charge in [-0.05, 0) is 36.5 Å². The Morgan fingerprint density at radius 1 is 1.24 bits per heavy atom. The van der Waals surface area contributed by atoms with Crippen LogP contribution in [-0.2, 0) is 11.2 Å². The lowest BCUT2D eigenvalue weighted by Gasteiger charge is -2.25. The molecular formula is C15H20N2O4. The summed E-state index contributed by atoms with van der Waals surface area (Å²) in [5.41, 5.74) is 0.736. The van der Waals surface area contributed by atoms with Gasteiger partial charge in [0.2, 0.25) is 0 Å². The number of hydrogen-bond acceptors (Lipinski definition) is 3.